The summed E-state index contributed by atoms with van der Waals surface area (Å²) in [7, 11) is 2.11. The lowest BCUT2D eigenvalue weighted by molar-refractivity contribution is -0.123. The van der Waals surface area contributed by atoms with Gasteiger partial charge in [-0.25, -0.2) is 4.79 Å². The number of rotatable bonds is 7. The highest BCUT2D eigenvalue weighted by atomic mass is 16.2. The van der Waals surface area contributed by atoms with Gasteiger partial charge in [0.2, 0.25) is 5.91 Å². The Morgan fingerprint density at radius 3 is 2.93 bits per heavy atom. The van der Waals surface area contributed by atoms with Crippen LogP contribution in [0.1, 0.15) is 37.3 Å². The van der Waals surface area contributed by atoms with Crippen molar-refractivity contribution in [1.29, 1.82) is 0 Å². The van der Waals surface area contributed by atoms with Crippen molar-refractivity contribution in [3.8, 4) is 0 Å². The van der Waals surface area contributed by atoms with Gasteiger partial charge in [-0.15, -0.1) is 6.58 Å². The number of amides is 3. The Bertz CT molecular complexity index is 873. The van der Waals surface area contributed by atoms with Crippen molar-refractivity contribution in [1.82, 2.24) is 20.5 Å². The normalized spacial score (nSPS) is 19.4. The summed E-state index contributed by atoms with van der Waals surface area (Å²) in [6.07, 6.45) is 5.62. The molecule has 1 aliphatic carbocycles. The van der Waals surface area contributed by atoms with Crippen molar-refractivity contribution in [3.63, 3.8) is 0 Å². The zero-order chi connectivity index (χ0) is 20.3. The molecule has 0 fully saturated rings. The highest BCUT2D eigenvalue weighted by Gasteiger charge is 2.35. The van der Waals surface area contributed by atoms with E-state index >= 15 is 0 Å². The molecule has 1 aliphatic rings. The zero-order valence-electron chi connectivity index (χ0n) is 16.9. The zero-order valence-corrected chi connectivity index (χ0v) is 16.9. The molecule has 0 saturated carbocycles. The number of likely N-dealkylation sites (N-methyl/N-ethyl adjacent to an activating group) is 1. The molecule has 0 bridgehead atoms. The standard InChI is InChI=1S/C22H30N4O2/c1-5-10-26(4)19-12-15-13-24-18-9-7-8-16(20(15)18)17(19)11-14(3)21(27)25-22(28)23-6-2/h5,7-9,13-14,17,19,24H,1,6,10-12H2,2-4H3,(H2,23,25,27,28)/t14-,17?,19+/m0/s1. The van der Waals surface area contributed by atoms with E-state index in [9.17, 15) is 9.59 Å². The number of nitrogens with zero attached hydrogens (tertiary/aromatic N) is 1. The minimum Gasteiger partial charge on any atom is -0.361 e. The van der Waals surface area contributed by atoms with Gasteiger partial charge in [0.1, 0.15) is 0 Å². The van der Waals surface area contributed by atoms with Crippen LogP contribution in [0.3, 0.4) is 0 Å². The maximum absolute atomic E-state index is 12.5. The summed E-state index contributed by atoms with van der Waals surface area (Å²) in [6, 6.07) is 6.18. The van der Waals surface area contributed by atoms with Gasteiger partial charge in [0.15, 0.2) is 0 Å². The molecule has 0 spiro atoms. The number of aromatic nitrogens is 1. The average Bonchev–Trinajstić information content (AvgIpc) is 3.08. The van der Waals surface area contributed by atoms with E-state index in [-0.39, 0.29) is 23.8 Å². The van der Waals surface area contributed by atoms with Crippen LogP contribution in [0.25, 0.3) is 10.9 Å². The SMILES string of the molecule is C=CCN(C)[C@@H]1Cc2c[nH]c3cccc(c23)C1C[C@H](C)C(=O)NC(=O)NCC. The number of carbonyl (C=O) groups excluding carboxylic acids is 2. The van der Waals surface area contributed by atoms with E-state index in [1.165, 1.54) is 16.5 Å². The van der Waals surface area contributed by atoms with E-state index < -0.39 is 6.03 Å². The summed E-state index contributed by atoms with van der Waals surface area (Å²) in [4.78, 5) is 29.9. The minimum atomic E-state index is -0.432. The van der Waals surface area contributed by atoms with Crippen LogP contribution in [0, 0.1) is 5.92 Å². The fraction of sp³-hybridized carbons (Fsp3) is 0.455. The highest BCUT2D eigenvalue weighted by molar-refractivity contribution is 5.95. The number of nitrogens with one attached hydrogen (secondary N) is 3. The highest BCUT2D eigenvalue weighted by Crippen LogP contribution is 2.41. The first-order chi connectivity index (χ1) is 13.5. The van der Waals surface area contributed by atoms with Gasteiger partial charge in [-0.05, 0) is 44.0 Å². The molecule has 1 unspecified atom stereocenters. The second kappa shape index (κ2) is 8.61. The lowest BCUT2D eigenvalue weighted by atomic mass is 9.75. The second-order valence-electron chi connectivity index (χ2n) is 7.68. The molecule has 0 radical (unpaired) electrons. The molecule has 28 heavy (non-hydrogen) atoms. The molecule has 0 saturated heterocycles. The number of hydrogen-bond donors (Lipinski definition) is 3. The maximum Gasteiger partial charge on any atom is 0.321 e. The molecule has 3 atom stereocenters. The van der Waals surface area contributed by atoms with Crippen LogP contribution in [-0.2, 0) is 11.2 Å². The van der Waals surface area contributed by atoms with Crippen LogP contribution >= 0.6 is 0 Å². The number of aromatic amines is 1. The third kappa shape index (κ3) is 3.97. The molecule has 3 rings (SSSR count). The largest absolute Gasteiger partial charge is 0.361 e. The van der Waals surface area contributed by atoms with Gasteiger partial charge in [0.25, 0.3) is 0 Å². The number of H-pyrrole nitrogens is 1. The molecule has 0 aliphatic heterocycles. The van der Waals surface area contributed by atoms with Crippen LogP contribution in [0.15, 0.2) is 37.1 Å². The van der Waals surface area contributed by atoms with Crippen molar-refractivity contribution in [3.05, 3.63) is 48.2 Å². The number of benzene rings is 1. The summed E-state index contributed by atoms with van der Waals surface area (Å²) in [5, 5.41) is 6.35. The molecular weight excluding hydrogens is 352 g/mol. The number of hydrogen-bond acceptors (Lipinski definition) is 3. The molecule has 150 valence electrons. The van der Waals surface area contributed by atoms with Gasteiger partial charge in [-0.1, -0.05) is 25.1 Å². The molecule has 1 aromatic carbocycles. The first-order valence-corrected chi connectivity index (χ1v) is 9.94. The van der Waals surface area contributed by atoms with Gasteiger partial charge in [-0.2, -0.15) is 0 Å². The van der Waals surface area contributed by atoms with Crippen LogP contribution in [0.2, 0.25) is 0 Å². The van der Waals surface area contributed by atoms with Gasteiger partial charge < -0.3 is 10.3 Å². The quantitative estimate of drug-likeness (QED) is 0.644. The fourth-order valence-corrected chi connectivity index (χ4v) is 4.34. The Hall–Kier alpha value is -2.60. The first-order valence-electron chi connectivity index (χ1n) is 9.94. The Morgan fingerprint density at radius 1 is 1.43 bits per heavy atom. The predicted molar refractivity (Wildman–Crippen MR) is 112 cm³/mol. The van der Waals surface area contributed by atoms with Gasteiger partial charge in [-0.3, -0.25) is 15.0 Å². The summed E-state index contributed by atoms with van der Waals surface area (Å²) >= 11 is 0. The summed E-state index contributed by atoms with van der Waals surface area (Å²) < 4.78 is 0. The summed E-state index contributed by atoms with van der Waals surface area (Å²) in [5.41, 5.74) is 3.74. The molecule has 3 amide bonds. The van der Waals surface area contributed by atoms with Crippen molar-refractivity contribution < 1.29 is 9.59 Å². The van der Waals surface area contributed by atoms with Crippen LogP contribution < -0.4 is 10.6 Å². The lowest BCUT2D eigenvalue weighted by Gasteiger charge is -2.39. The average molecular weight is 383 g/mol. The van der Waals surface area contributed by atoms with E-state index in [2.05, 4.69) is 58.5 Å². The van der Waals surface area contributed by atoms with Crippen molar-refractivity contribution in [2.24, 2.45) is 5.92 Å². The maximum atomic E-state index is 12.5. The lowest BCUT2D eigenvalue weighted by Crippen LogP contribution is -2.44. The molecule has 6 nitrogen and oxygen atoms in total. The smallest absolute Gasteiger partial charge is 0.321 e. The number of imide groups is 1. The van der Waals surface area contributed by atoms with Gasteiger partial charge in [0.05, 0.1) is 0 Å². The van der Waals surface area contributed by atoms with E-state index in [1.807, 2.05) is 19.9 Å². The van der Waals surface area contributed by atoms with Crippen molar-refractivity contribution >= 4 is 22.8 Å². The van der Waals surface area contributed by atoms with Gasteiger partial charge in [0, 0.05) is 48.1 Å². The Morgan fingerprint density at radius 2 is 2.21 bits per heavy atom. The molecular formula is C22H30N4O2. The van der Waals surface area contributed by atoms with Gasteiger partial charge >= 0.3 is 6.03 Å². The monoisotopic (exact) mass is 382 g/mol. The predicted octanol–water partition coefficient (Wildman–Crippen LogP) is 3.17. The second-order valence-corrected chi connectivity index (χ2v) is 7.68. The summed E-state index contributed by atoms with van der Waals surface area (Å²) in [6.45, 7) is 8.87. The summed E-state index contributed by atoms with van der Waals surface area (Å²) in [5.74, 6) is -0.307. The topological polar surface area (TPSA) is 77.2 Å². The minimum absolute atomic E-state index is 0.201. The third-order valence-corrected chi connectivity index (χ3v) is 5.73. The van der Waals surface area contributed by atoms with Crippen LogP contribution in [0.4, 0.5) is 4.79 Å². The molecule has 1 aromatic heterocycles. The van der Waals surface area contributed by atoms with E-state index in [0.29, 0.717) is 13.0 Å². The van der Waals surface area contributed by atoms with Crippen LogP contribution in [-0.4, -0.2) is 48.0 Å². The van der Waals surface area contributed by atoms with Crippen molar-refractivity contribution in [2.45, 2.75) is 38.6 Å². The molecule has 3 N–H and O–H groups in total. The Kier molecular flexibility index (Phi) is 6.19. The van der Waals surface area contributed by atoms with Crippen LogP contribution in [0.5, 0.6) is 0 Å². The Balaban J connectivity index is 1.87. The molecule has 2 aromatic rings. The molecule has 1 heterocycles. The third-order valence-electron chi connectivity index (χ3n) is 5.73. The Labute approximate surface area is 166 Å². The molecule has 6 heteroatoms. The fourth-order valence-electron chi connectivity index (χ4n) is 4.34. The van der Waals surface area contributed by atoms with E-state index in [4.69, 9.17) is 0 Å². The van der Waals surface area contributed by atoms with Crippen molar-refractivity contribution in [2.75, 3.05) is 20.1 Å². The van der Waals surface area contributed by atoms with E-state index in [0.717, 1.165) is 18.5 Å². The number of carbonyl (C=O) groups is 2. The first kappa shape index (κ1) is 20.1. The number of urea groups is 1. The van der Waals surface area contributed by atoms with E-state index in [1.54, 1.807) is 0 Å².